The topological polar surface area (TPSA) is 75.7 Å². The van der Waals surface area contributed by atoms with Gasteiger partial charge in [0, 0.05) is 24.3 Å². The van der Waals surface area contributed by atoms with Gasteiger partial charge in [-0.05, 0) is 68.1 Å². The number of nitrogens with one attached hydrogen (secondary N) is 1. The van der Waals surface area contributed by atoms with Gasteiger partial charge in [-0.25, -0.2) is 8.42 Å². The second-order valence-electron chi connectivity index (χ2n) is 7.63. The summed E-state index contributed by atoms with van der Waals surface area (Å²) in [5.41, 5.74) is 1.87. The number of anilines is 1. The predicted octanol–water partition coefficient (Wildman–Crippen LogP) is 4.60. The third kappa shape index (κ3) is 5.40. The van der Waals surface area contributed by atoms with Crippen LogP contribution in [0, 0.1) is 6.92 Å². The van der Waals surface area contributed by atoms with Gasteiger partial charge in [0.25, 0.3) is 5.91 Å². The monoisotopic (exact) mass is 430 g/mol. The summed E-state index contributed by atoms with van der Waals surface area (Å²) >= 11 is 0. The summed E-state index contributed by atoms with van der Waals surface area (Å²) < 4.78 is 33.2. The van der Waals surface area contributed by atoms with E-state index in [-0.39, 0.29) is 10.8 Å². The molecule has 30 heavy (non-hydrogen) atoms. The van der Waals surface area contributed by atoms with Crippen molar-refractivity contribution in [1.82, 2.24) is 4.31 Å². The van der Waals surface area contributed by atoms with Crippen LogP contribution >= 0.6 is 0 Å². The number of sulfonamides is 1. The van der Waals surface area contributed by atoms with Crippen LogP contribution < -0.4 is 10.1 Å². The van der Waals surface area contributed by atoms with E-state index in [1.54, 1.807) is 24.3 Å². The molecular formula is C23H30N2O4S. The first-order valence-corrected chi connectivity index (χ1v) is 12.0. The molecule has 0 atom stereocenters. The zero-order valence-corrected chi connectivity index (χ0v) is 18.5. The highest BCUT2D eigenvalue weighted by atomic mass is 32.2. The largest absolute Gasteiger partial charge is 0.494 e. The number of aryl methyl sites for hydroxylation is 1. The van der Waals surface area contributed by atoms with Crippen molar-refractivity contribution in [2.75, 3.05) is 25.0 Å². The molecule has 0 aromatic heterocycles. The third-order valence-electron chi connectivity index (χ3n) is 5.22. The average molecular weight is 431 g/mol. The first kappa shape index (κ1) is 22.3. The Balaban J connectivity index is 1.76. The molecule has 0 radical (unpaired) electrons. The number of benzene rings is 2. The van der Waals surface area contributed by atoms with E-state index in [0.717, 1.165) is 43.4 Å². The Labute approximate surface area is 179 Å². The van der Waals surface area contributed by atoms with Crippen LogP contribution in [-0.2, 0) is 10.0 Å². The highest BCUT2D eigenvalue weighted by Crippen LogP contribution is 2.24. The summed E-state index contributed by atoms with van der Waals surface area (Å²) in [6, 6.07) is 11.8. The lowest BCUT2D eigenvalue weighted by molar-refractivity contribution is 0.102. The molecule has 1 N–H and O–H groups in total. The first-order valence-electron chi connectivity index (χ1n) is 10.6. The van der Waals surface area contributed by atoms with Crippen LogP contribution in [0.1, 0.15) is 54.9 Å². The summed E-state index contributed by atoms with van der Waals surface area (Å²) in [5.74, 6) is 0.422. The molecule has 3 rings (SSSR count). The van der Waals surface area contributed by atoms with Gasteiger partial charge in [0.15, 0.2) is 0 Å². The average Bonchev–Trinajstić information content (AvgIpc) is 3.04. The summed E-state index contributed by atoms with van der Waals surface area (Å²) in [7, 11) is -3.60. The normalized spacial score (nSPS) is 15.4. The summed E-state index contributed by atoms with van der Waals surface area (Å²) in [5, 5.41) is 2.88. The molecule has 1 heterocycles. The van der Waals surface area contributed by atoms with Crippen molar-refractivity contribution in [3.63, 3.8) is 0 Å². The quantitative estimate of drug-likeness (QED) is 0.696. The van der Waals surface area contributed by atoms with E-state index in [1.807, 2.05) is 26.0 Å². The number of carbonyl (C=O) groups excluding carboxylic acids is 1. The smallest absolute Gasteiger partial charge is 0.255 e. The van der Waals surface area contributed by atoms with Crippen molar-refractivity contribution in [1.29, 1.82) is 0 Å². The zero-order chi connectivity index (χ0) is 21.6. The number of rotatable bonds is 7. The molecule has 1 saturated heterocycles. The highest BCUT2D eigenvalue weighted by Gasteiger charge is 2.25. The van der Waals surface area contributed by atoms with Crippen molar-refractivity contribution in [2.24, 2.45) is 0 Å². The molecule has 7 heteroatoms. The number of hydrogen-bond acceptors (Lipinski definition) is 4. The van der Waals surface area contributed by atoms with E-state index in [4.69, 9.17) is 4.74 Å². The number of hydrogen-bond donors (Lipinski definition) is 1. The fraction of sp³-hybridized carbons (Fsp3) is 0.435. The molecule has 2 aromatic rings. The lowest BCUT2D eigenvalue weighted by Crippen LogP contribution is -2.32. The second-order valence-corrected chi connectivity index (χ2v) is 9.56. The van der Waals surface area contributed by atoms with Crippen LogP contribution in [0.5, 0.6) is 5.75 Å². The van der Waals surface area contributed by atoms with Gasteiger partial charge in [-0.3, -0.25) is 4.79 Å². The van der Waals surface area contributed by atoms with Crippen molar-refractivity contribution >= 4 is 21.6 Å². The fourth-order valence-corrected chi connectivity index (χ4v) is 5.07. The van der Waals surface area contributed by atoms with Gasteiger partial charge in [0.1, 0.15) is 5.75 Å². The molecule has 0 bridgehead atoms. The Morgan fingerprint density at radius 3 is 2.47 bits per heavy atom. The zero-order valence-electron chi connectivity index (χ0n) is 17.7. The van der Waals surface area contributed by atoms with Gasteiger partial charge in [-0.2, -0.15) is 4.31 Å². The Hall–Kier alpha value is -2.38. The Morgan fingerprint density at radius 1 is 1.07 bits per heavy atom. The van der Waals surface area contributed by atoms with E-state index in [0.29, 0.717) is 30.9 Å². The molecule has 0 aliphatic carbocycles. The first-order chi connectivity index (χ1) is 14.4. The third-order valence-corrected chi connectivity index (χ3v) is 7.11. The summed E-state index contributed by atoms with van der Waals surface area (Å²) in [4.78, 5) is 12.9. The van der Waals surface area contributed by atoms with Crippen LogP contribution in [0.4, 0.5) is 5.69 Å². The van der Waals surface area contributed by atoms with Crippen LogP contribution in [0.2, 0.25) is 0 Å². The molecule has 1 amide bonds. The maximum atomic E-state index is 13.0. The second kappa shape index (κ2) is 10.1. The minimum absolute atomic E-state index is 0.164. The van der Waals surface area contributed by atoms with Crippen LogP contribution in [0.3, 0.4) is 0 Å². The predicted molar refractivity (Wildman–Crippen MR) is 119 cm³/mol. The van der Waals surface area contributed by atoms with Crippen LogP contribution in [0.25, 0.3) is 0 Å². The number of carbonyl (C=O) groups is 1. The molecular weight excluding hydrogens is 400 g/mol. The molecule has 1 aliphatic rings. The standard InChI is InChI=1S/C23H30N2O4S/c1-3-15-29-20-11-12-22(18(2)16-20)24-23(26)19-9-8-10-21(17-19)30(27,28)25-13-6-4-5-7-14-25/h8-12,16-17H,3-7,13-15H2,1-2H3,(H,24,26). The van der Waals surface area contributed by atoms with Gasteiger partial charge in [-0.1, -0.05) is 25.8 Å². The van der Waals surface area contributed by atoms with Gasteiger partial charge >= 0.3 is 0 Å². The fourth-order valence-electron chi connectivity index (χ4n) is 3.51. The Kier molecular flexibility index (Phi) is 7.50. The van der Waals surface area contributed by atoms with Crippen molar-refractivity contribution in [3.05, 3.63) is 53.6 Å². The van der Waals surface area contributed by atoms with E-state index in [2.05, 4.69) is 5.32 Å². The molecule has 0 unspecified atom stereocenters. The Morgan fingerprint density at radius 2 is 1.80 bits per heavy atom. The van der Waals surface area contributed by atoms with Gasteiger partial charge in [-0.15, -0.1) is 0 Å². The molecule has 0 spiro atoms. The lowest BCUT2D eigenvalue weighted by Gasteiger charge is -2.20. The number of amides is 1. The van der Waals surface area contributed by atoms with E-state index in [9.17, 15) is 13.2 Å². The minimum Gasteiger partial charge on any atom is -0.494 e. The molecule has 0 saturated carbocycles. The van der Waals surface area contributed by atoms with Crippen molar-refractivity contribution < 1.29 is 17.9 Å². The summed E-state index contributed by atoms with van der Waals surface area (Å²) in [6.07, 6.45) is 4.77. The number of nitrogens with zero attached hydrogens (tertiary/aromatic N) is 1. The SMILES string of the molecule is CCCOc1ccc(NC(=O)c2cccc(S(=O)(=O)N3CCCCCC3)c2)c(C)c1. The Bertz CT molecular complexity index is 980. The maximum absolute atomic E-state index is 13.0. The maximum Gasteiger partial charge on any atom is 0.255 e. The highest BCUT2D eigenvalue weighted by molar-refractivity contribution is 7.89. The molecule has 1 aliphatic heterocycles. The molecule has 162 valence electrons. The number of ether oxygens (including phenoxy) is 1. The molecule has 2 aromatic carbocycles. The minimum atomic E-state index is -3.60. The van der Waals surface area contributed by atoms with Gasteiger partial charge in [0.2, 0.25) is 10.0 Å². The van der Waals surface area contributed by atoms with E-state index < -0.39 is 10.0 Å². The van der Waals surface area contributed by atoms with Crippen LogP contribution in [0.15, 0.2) is 47.4 Å². The van der Waals surface area contributed by atoms with E-state index in [1.165, 1.54) is 10.4 Å². The molecule has 1 fully saturated rings. The van der Waals surface area contributed by atoms with Crippen LogP contribution in [-0.4, -0.2) is 38.3 Å². The molecule has 6 nitrogen and oxygen atoms in total. The van der Waals surface area contributed by atoms with E-state index >= 15 is 0 Å². The lowest BCUT2D eigenvalue weighted by atomic mass is 10.1. The van der Waals surface area contributed by atoms with Crippen molar-refractivity contribution in [3.8, 4) is 5.75 Å². The van der Waals surface area contributed by atoms with Gasteiger partial charge in [0.05, 0.1) is 11.5 Å². The van der Waals surface area contributed by atoms with Gasteiger partial charge < -0.3 is 10.1 Å². The van der Waals surface area contributed by atoms with Crippen molar-refractivity contribution in [2.45, 2.75) is 50.8 Å². The summed E-state index contributed by atoms with van der Waals surface area (Å²) in [6.45, 7) is 5.65.